The summed E-state index contributed by atoms with van der Waals surface area (Å²) in [6.45, 7) is 1.92. The Morgan fingerprint density at radius 1 is 0.935 bits per heavy atom. The smallest absolute Gasteiger partial charge is 0.291 e. The highest BCUT2D eigenvalue weighted by atomic mass is 32.2. The summed E-state index contributed by atoms with van der Waals surface area (Å²) in [7, 11) is -2.22. The molecule has 1 amide bonds. The maximum Gasteiger partial charge on any atom is 0.291 e. The Morgan fingerprint density at radius 3 is 2.29 bits per heavy atom. The maximum absolute atomic E-state index is 12.6. The summed E-state index contributed by atoms with van der Waals surface area (Å²) in [5.74, 6) is 0.205. The fourth-order valence-corrected chi connectivity index (χ4v) is 4.11. The van der Waals surface area contributed by atoms with Crippen LogP contribution in [0.1, 0.15) is 16.1 Å². The molecule has 0 bridgehead atoms. The van der Waals surface area contributed by atoms with E-state index in [4.69, 9.17) is 9.15 Å². The number of benzene rings is 3. The number of nitrogens with one attached hydrogen (secondary N) is 2. The van der Waals surface area contributed by atoms with Gasteiger partial charge in [0.25, 0.3) is 15.9 Å². The monoisotopic (exact) mass is 436 g/mol. The van der Waals surface area contributed by atoms with Crippen molar-refractivity contribution in [3.8, 4) is 5.75 Å². The van der Waals surface area contributed by atoms with Gasteiger partial charge in [0.2, 0.25) is 0 Å². The predicted molar refractivity (Wildman–Crippen MR) is 119 cm³/mol. The third kappa shape index (κ3) is 4.39. The number of carbonyl (C=O) groups is 1. The van der Waals surface area contributed by atoms with E-state index in [2.05, 4.69) is 10.0 Å². The lowest BCUT2D eigenvalue weighted by Crippen LogP contribution is -2.14. The lowest BCUT2D eigenvalue weighted by Gasteiger charge is -2.09. The standard InChI is InChI=1S/C23H20N2O5S/c1-15-6-8-18(9-7-15)25-31(27,28)19-12-10-17(11-13-19)24-23(26)21-14-16-4-3-5-20(29-2)22(16)30-21/h3-14,25H,1-2H3,(H,24,26). The van der Waals surface area contributed by atoms with Gasteiger partial charge in [-0.25, -0.2) is 8.42 Å². The number of anilines is 2. The topological polar surface area (TPSA) is 97.6 Å². The van der Waals surface area contributed by atoms with Gasteiger partial charge in [0.05, 0.1) is 12.0 Å². The average molecular weight is 436 g/mol. The Morgan fingerprint density at radius 2 is 1.61 bits per heavy atom. The van der Waals surface area contributed by atoms with Crippen LogP contribution in [0, 0.1) is 6.92 Å². The average Bonchev–Trinajstić information content (AvgIpc) is 3.20. The minimum Gasteiger partial charge on any atom is -0.493 e. The van der Waals surface area contributed by atoms with Gasteiger partial charge in [0.1, 0.15) is 0 Å². The zero-order valence-corrected chi connectivity index (χ0v) is 17.7. The van der Waals surface area contributed by atoms with Crippen LogP contribution < -0.4 is 14.8 Å². The van der Waals surface area contributed by atoms with Gasteiger partial charge in [-0.3, -0.25) is 9.52 Å². The van der Waals surface area contributed by atoms with Crippen LogP contribution in [0.5, 0.6) is 5.75 Å². The van der Waals surface area contributed by atoms with Crippen molar-refractivity contribution in [3.05, 3.63) is 84.1 Å². The van der Waals surface area contributed by atoms with E-state index in [0.717, 1.165) is 10.9 Å². The molecular weight excluding hydrogens is 416 g/mol. The number of furan rings is 1. The maximum atomic E-state index is 12.6. The fraction of sp³-hybridized carbons (Fsp3) is 0.0870. The number of methoxy groups -OCH3 is 1. The molecule has 158 valence electrons. The molecule has 31 heavy (non-hydrogen) atoms. The lowest BCUT2D eigenvalue weighted by atomic mass is 10.2. The molecule has 7 nitrogen and oxygen atoms in total. The fourth-order valence-electron chi connectivity index (χ4n) is 3.05. The van der Waals surface area contributed by atoms with Crippen LogP contribution in [0.4, 0.5) is 11.4 Å². The Balaban J connectivity index is 1.49. The van der Waals surface area contributed by atoms with Gasteiger partial charge < -0.3 is 14.5 Å². The molecule has 8 heteroatoms. The Kier molecular flexibility index (Phi) is 5.39. The zero-order valence-electron chi connectivity index (χ0n) is 16.9. The summed E-state index contributed by atoms with van der Waals surface area (Å²) >= 11 is 0. The summed E-state index contributed by atoms with van der Waals surface area (Å²) < 4.78 is 38.6. The first-order valence-electron chi connectivity index (χ1n) is 9.43. The van der Waals surface area contributed by atoms with E-state index in [1.54, 1.807) is 24.3 Å². The summed E-state index contributed by atoms with van der Waals surface area (Å²) in [6, 6.07) is 19.9. The van der Waals surface area contributed by atoms with Crippen LogP contribution >= 0.6 is 0 Å². The van der Waals surface area contributed by atoms with Crippen LogP contribution in [0.25, 0.3) is 11.0 Å². The normalized spacial score (nSPS) is 11.3. The first-order valence-corrected chi connectivity index (χ1v) is 10.9. The molecule has 3 aromatic carbocycles. The van der Waals surface area contributed by atoms with E-state index in [1.165, 1.54) is 31.4 Å². The first-order chi connectivity index (χ1) is 14.9. The summed E-state index contributed by atoms with van der Waals surface area (Å²) in [4.78, 5) is 12.6. The van der Waals surface area contributed by atoms with Crippen LogP contribution in [0.3, 0.4) is 0 Å². The summed E-state index contributed by atoms with van der Waals surface area (Å²) in [5, 5.41) is 3.45. The molecule has 0 aliphatic carbocycles. The predicted octanol–water partition coefficient (Wildman–Crippen LogP) is 4.80. The van der Waals surface area contributed by atoms with Gasteiger partial charge in [-0.05, 0) is 55.5 Å². The second kappa shape index (κ2) is 8.16. The molecular formula is C23H20N2O5S. The Bertz CT molecular complexity index is 1340. The van der Waals surface area contributed by atoms with E-state index < -0.39 is 15.9 Å². The molecule has 0 unspecified atom stereocenters. The number of ether oxygens (including phenoxy) is 1. The highest BCUT2D eigenvalue weighted by Crippen LogP contribution is 2.29. The van der Waals surface area contributed by atoms with E-state index in [9.17, 15) is 13.2 Å². The molecule has 2 N–H and O–H groups in total. The number of hydrogen-bond donors (Lipinski definition) is 2. The van der Waals surface area contributed by atoms with Gasteiger partial charge in [0.15, 0.2) is 17.1 Å². The minimum absolute atomic E-state index is 0.0829. The van der Waals surface area contributed by atoms with Gasteiger partial charge >= 0.3 is 0 Å². The zero-order chi connectivity index (χ0) is 22.0. The molecule has 0 aliphatic heterocycles. The third-order valence-electron chi connectivity index (χ3n) is 4.68. The van der Waals surface area contributed by atoms with Gasteiger partial charge in [-0.2, -0.15) is 0 Å². The highest BCUT2D eigenvalue weighted by molar-refractivity contribution is 7.92. The molecule has 1 aromatic heterocycles. The van der Waals surface area contributed by atoms with Gasteiger partial charge in [0, 0.05) is 16.8 Å². The lowest BCUT2D eigenvalue weighted by molar-refractivity contribution is 0.0998. The van der Waals surface area contributed by atoms with E-state index in [1.807, 2.05) is 31.2 Å². The van der Waals surface area contributed by atoms with E-state index >= 15 is 0 Å². The molecule has 0 spiro atoms. The number of amides is 1. The van der Waals surface area contributed by atoms with Crippen LogP contribution in [-0.2, 0) is 10.0 Å². The number of carbonyl (C=O) groups excluding carboxylic acids is 1. The third-order valence-corrected chi connectivity index (χ3v) is 6.08. The molecule has 4 rings (SSSR count). The first kappa shape index (κ1) is 20.5. The highest BCUT2D eigenvalue weighted by Gasteiger charge is 2.17. The number of hydrogen-bond acceptors (Lipinski definition) is 5. The molecule has 1 heterocycles. The van der Waals surface area contributed by atoms with Gasteiger partial charge in [-0.1, -0.05) is 29.8 Å². The molecule has 0 fully saturated rings. The Labute approximate surface area is 179 Å². The van der Waals surface area contributed by atoms with Crippen molar-refractivity contribution in [3.63, 3.8) is 0 Å². The van der Waals surface area contributed by atoms with Gasteiger partial charge in [-0.15, -0.1) is 0 Å². The minimum atomic E-state index is -3.74. The van der Waals surface area contributed by atoms with Crippen LogP contribution in [-0.4, -0.2) is 21.4 Å². The van der Waals surface area contributed by atoms with Crippen molar-refractivity contribution in [2.24, 2.45) is 0 Å². The van der Waals surface area contributed by atoms with Crippen molar-refractivity contribution in [2.75, 3.05) is 17.1 Å². The molecule has 0 atom stereocenters. The van der Waals surface area contributed by atoms with Crippen molar-refractivity contribution < 1.29 is 22.4 Å². The van der Waals surface area contributed by atoms with Crippen molar-refractivity contribution in [1.82, 2.24) is 0 Å². The molecule has 4 aromatic rings. The van der Waals surface area contributed by atoms with Crippen molar-refractivity contribution in [2.45, 2.75) is 11.8 Å². The molecule has 0 aliphatic rings. The number of aryl methyl sites for hydroxylation is 1. The number of para-hydroxylation sites is 1. The second-order valence-electron chi connectivity index (χ2n) is 6.94. The Hall–Kier alpha value is -3.78. The summed E-state index contributed by atoms with van der Waals surface area (Å²) in [5.41, 5.74) is 2.43. The number of fused-ring (bicyclic) bond motifs is 1. The quantitative estimate of drug-likeness (QED) is 0.452. The number of rotatable bonds is 6. The van der Waals surface area contributed by atoms with Crippen molar-refractivity contribution in [1.29, 1.82) is 0 Å². The molecule has 0 saturated heterocycles. The number of sulfonamides is 1. The SMILES string of the molecule is COc1cccc2cc(C(=O)Nc3ccc(S(=O)(=O)Nc4ccc(C)cc4)cc3)oc12. The second-order valence-corrected chi connectivity index (χ2v) is 8.62. The van der Waals surface area contributed by atoms with E-state index in [-0.39, 0.29) is 10.7 Å². The van der Waals surface area contributed by atoms with Crippen molar-refractivity contribution >= 4 is 38.3 Å². The summed E-state index contributed by atoms with van der Waals surface area (Å²) in [6.07, 6.45) is 0. The van der Waals surface area contributed by atoms with Crippen LogP contribution in [0.15, 0.2) is 82.1 Å². The van der Waals surface area contributed by atoms with Crippen LogP contribution in [0.2, 0.25) is 0 Å². The largest absolute Gasteiger partial charge is 0.493 e. The molecule has 0 radical (unpaired) electrons. The molecule has 0 saturated carbocycles. The van der Waals surface area contributed by atoms with E-state index in [0.29, 0.717) is 22.7 Å².